The fraction of sp³-hybridized carbons (Fsp3) is 0.500. The molecule has 0 spiro atoms. The monoisotopic (exact) mass is 299 g/mol. The number of hydrogen-bond acceptors (Lipinski definition) is 3. The van der Waals surface area contributed by atoms with Gasteiger partial charge in [-0.3, -0.25) is 4.79 Å². The average molecular weight is 299 g/mol. The Kier molecular flexibility index (Phi) is 6.16. The van der Waals surface area contributed by atoms with Crippen molar-refractivity contribution in [2.24, 2.45) is 0 Å². The minimum atomic E-state index is -1.29. The van der Waals surface area contributed by atoms with Gasteiger partial charge in [0.05, 0.1) is 12.0 Å². The van der Waals surface area contributed by atoms with Gasteiger partial charge in [-0.15, -0.1) is 0 Å². The predicted octanol–water partition coefficient (Wildman–Crippen LogP) is 2.13. The summed E-state index contributed by atoms with van der Waals surface area (Å²) in [5.74, 6) is -0.0877. The largest absolute Gasteiger partial charge is 0.497 e. The minimum Gasteiger partial charge on any atom is -0.497 e. The van der Waals surface area contributed by atoms with Gasteiger partial charge in [0, 0.05) is 20.0 Å². The van der Waals surface area contributed by atoms with Crippen LogP contribution in [-0.2, 0) is 15.8 Å². The van der Waals surface area contributed by atoms with Crippen LogP contribution in [0.2, 0.25) is 0 Å². The lowest BCUT2D eigenvalue weighted by Gasteiger charge is -2.19. The van der Waals surface area contributed by atoms with E-state index in [-0.39, 0.29) is 6.42 Å². The quantitative estimate of drug-likeness (QED) is 0.837. The summed E-state index contributed by atoms with van der Waals surface area (Å²) in [4.78, 5) is 11.3. The van der Waals surface area contributed by atoms with Crippen molar-refractivity contribution in [2.45, 2.75) is 31.6 Å². The zero-order valence-electron chi connectivity index (χ0n) is 12.3. The molecule has 1 aromatic rings. The third-order valence-corrected chi connectivity index (χ3v) is 4.73. The lowest BCUT2D eigenvalue weighted by atomic mass is 10.1. The number of carboxylic acid groups (broad SMARTS) is 1. The molecule has 1 rings (SSSR count). The molecule has 0 bridgehead atoms. The topological polar surface area (TPSA) is 66.8 Å². The van der Waals surface area contributed by atoms with Crippen molar-refractivity contribution < 1.29 is 18.8 Å². The highest BCUT2D eigenvalue weighted by Gasteiger charge is 2.17. The second kappa shape index (κ2) is 7.40. The Bertz CT molecular complexity index is 493. The molecule has 6 heteroatoms. The highest BCUT2D eigenvalue weighted by molar-refractivity contribution is 7.82. The fourth-order valence-electron chi connectivity index (χ4n) is 2.00. The summed E-state index contributed by atoms with van der Waals surface area (Å²) in [5, 5.41) is 8.62. The summed E-state index contributed by atoms with van der Waals surface area (Å²) in [5.41, 5.74) is 1.82. The van der Waals surface area contributed by atoms with Crippen LogP contribution in [-0.4, -0.2) is 40.3 Å². The molecule has 1 unspecified atom stereocenters. The summed E-state index contributed by atoms with van der Waals surface area (Å²) < 4.78 is 19.4. The van der Waals surface area contributed by atoms with Crippen LogP contribution in [0.15, 0.2) is 17.0 Å². The maximum atomic E-state index is 12.5. The summed E-state index contributed by atoms with van der Waals surface area (Å²) in [7, 11) is 2.05. The van der Waals surface area contributed by atoms with Gasteiger partial charge in [-0.2, -0.15) is 0 Å². The smallest absolute Gasteiger partial charge is 0.303 e. The van der Waals surface area contributed by atoms with Gasteiger partial charge in [-0.25, -0.2) is 8.51 Å². The maximum Gasteiger partial charge on any atom is 0.303 e. The van der Waals surface area contributed by atoms with E-state index in [1.165, 1.54) is 0 Å². The van der Waals surface area contributed by atoms with Crippen molar-refractivity contribution in [3.63, 3.8) is 0 Å². The molecule has 0 aliphatic carbocycles. The maximum absolute atomic E-state index is 12.5. The van der Waals surface area contributed by atoms with Gasteiger partial charge >= 0.3 is 5.97 Å². The molecule has 0 saturated carbocycles. The molecule has 112 valence electrons. The van der Waals surface area contributed by atoms with Crippen LogP contribution < -0.4 is 4.74 Å². The number of benzene rings is 1. The number of ether oxygens (including phenoxy) is 1. The lowest BCUT2D eigenvalue weighted by molar-refractivity contribution is -0.137. The van der Waals surface area contributed by atoms with Gasteiger partial charge in [-0.05, 0) is 43.5 Å². The third kappa shape index (κ3) is 4.31. The first kappa shape index (κ1) is 16.7. The van der Waals surface area contributed by atoms with Crippen molar-refractivity contribution in [3.05, 3.63) is 23.3 Å². The molecule has 1 N–H and O–H groups in total. The highest BCUT2D eigenvalue weighted by atomic mass is 32.2. The average Bonchev–Trinajstić information content (AvgIpc) is 2.36. The molecule has 0 aliphatic heterocycles. The standard InChI is InChI=1S/C14H21NO4S/c1-10-8-12(19-4)9-11(2)14(10)20(18)15(3)7-5-6-13(16)17/h8-9H,5-7H2,1-4H3,(H,16,17). The second-order valence-electron chi connectivity index (χ2n) is 4.69. The number of rotatable bonds is 7. The molecule has 0 heterocycles. The second-order valence-corrected chi connectivity index (χ2v) is 6.22. The molecule has 0 aromatic heterocycles. The predicted molar refractivity (Wildman–Crippen MR) is 78.4 cm³/mol. The molecule has 1 aromatic carbocycles. The van der Waals surface area contributed by atoms with Gasteiger partial charge in [0.1, 0.15) is 16.7 Å². The van der Waals surface area contributed by atoms with Gasteiger partial charge in [0.15, 0.2) is 0 Å². The highest BCUT2D eigenvalue weighted by Crippen LogP contribution is 2.25. The molecule has 20 heavy (non-hydrogen) atoms. The van der Waals surface area contributed by atoms with Crippen molar-refractivity contribution in [1.82, 2.24) is 4.31 Å². The van der Waals surface area contributed by atoms with E-state index in [2.05, 4.69) is 0 Å². The van der Waals surface area contributed by atoms with E-state index in [0.717, 1.165) is 21.8 Å². The van der Waals surface area contributed by atoms with Gasteiger partial charge in [-0.1, -0.05) is 0 Å². The van der Waals surface area contributed by atoms with Crippen LogP contribution in [0.5, 0.6) is 5.75 Å². The van der Waals surface area contributed by atoms with Crippen molar-refractivity contribution in [3.8, 4) is 5.75 Å². The van der Waals surface area contributed by atoms with E-state index in [1.54, 1.807) is 18.5 Å². The van der Waals surface area contributed by atoms with Crippen LogP contribution in [0.1, 0.15) is 24.0 Å². The Morgan fingerprint density at radius 2 is 1.90 bits per heavy atom. The SMILES string of the molecule is COc1cc(C)c(S(=O)N(C)CCCC(=O)O)c(C)c1. The number of aliphatic carboxylic acids is 1. The molecule has 5 nitrogen and oxygen atoms in total. The number of carbonyl (C=O) groups is 1. The molecule has 0 radical (unpaired) electrons. The minimum absolute atomic E-state index is 0.0854. The van der Waals surface area contributed by atoms with E-state index in [1.807, 2.05) is 26.0 Å². The normalized spacial score (nSPS) is 12.4. The van der Waals surface area contributed by atoms with Gasteiger partial charge < -0.3 is 9.84 Å². The Hall–Kier alpha value is -1.40. The molecular weight excluding hydrogens is 278 g/mol. The van der Waals surface area contributed by atoms with Crippen LogP contribution in [0.25, 0.3) is 0 Å². The Morgan fingerprint density at radius 1 is 1.35 bits per heavy atom. The van der Waals surface area contributed by atoms with Crippen LogP contribution in [0.3, 0.4) is 0 Å². The number of hydrogen-bond donors (Lipinski definition) is 1. The summed E-state index contributed by atoms with van der Waals surface area (Å²) in [6.07, 6.45) is 0.563. The van der Waals surface area contributed by atoms with E-state index in [0.29, 0.717) is 13.0 Å². The molecule has 0 aliphatic rings. The number of nitrogens with zero attached hydrogens (tertiary/aromatic N) is 1. The van der Waals surface area contributed by atoms with Crippen molar-refractivity contribution in [2.75, 3.05) is 20.7 Å². The van der Waals surface area contributed by atoms with Crippen molar-refractivity contribution >= 4 is 17.0 Å². The molecule has 0 saturated heterocycles. The molecule has 0 amide bonds. The first-order chi connectivity index (χ1) is 9.36. The van der Waals surface area contributed by atoms with Crippen LogP contribution in [0, 0.1) is 13.8 Å². The van der Waals surface area contributed by atoms with Gasteiger partial charge in [0.2, 0.25) is 0 Å². The number of aryl methyl sites for hydroxylation is 2. The molecular formula is C14H21NO4S. The first-order valence-electron chi connectivity index (χ1n) is 6.37. The Morgan fingerprint density at radius 3 is 2.35 bits per heavy atom. The summed E-state index contributed by atoms with van der Waals surface area (Å²) >= 11 is 0. The Balaban J connectivity index is 2.83. The van der Waals surface area contributed by atoms with Crippen molar-refractivity contribution in [1.29, 1.82) is 0 Å². The first-order valence-corrected chi connectivity index (χ1v) is 7.47. The number of methoxy groups -OCH3 is 1. The van der Waals surface area contributed by atoms with Gasteiger partial charge in [0.25, 0.3) is 0 Å². The van der Waals surface area contributed by atoms with E-state index < -0.39 is 17.0 Å². The van der Waals surface area contributed by atoms with E-state index in [9.17, 15) is 9.00 Å². The van der Waals surface area contributed by atoms with E-state index >= 15 is 0 Å². The van der Waals surface area contributed by atoms with Crippen LogP contribution >= 0.6 is 0 Å². The lowest BCUT2D eigenvalue weighted by Crippen LogP contribution is -2.24. The zero-order valence-corrected chi connectivity index (χ0v) is 13.1. The number of carboxylic acids is 1. The zero-order chi connectivity index (χ0) is 15.3. The molecule has 0 fully saturated rings. The molecule has 1 atom stereocenters. The summed E-state index contributed by atoms with van der Waals surface area (Å²) in [6.45, 7) is 4.27. The van der Waals surface area contributed by atoms with E-state index in [4.69, 9.17) is 9.84 Å². The summed E-state index contributed by atoms with van der Waals surface area (Å²) in [6, 6.07) is 3.71. The third-order valence-electron chi connectivity index (χ3n) is 2.99. The Labute approximate surface area is 122 Å². The van der Waals surface area contributed by atoms with Crippen LogP contribution in [0.4, 0.5) is 0 Å². The fourth-order valence-corrected chi connectivity index (χ4v) is 3.27.